The second-order valence-corrected chi connectivity index (χ2v) is 8.87. The summed E-state index contributed by atoms with van der Waals surface area (Å²) < 4.78 is 8.83. The van der Waals surface area contributed by atoms with Crippen molar-refractivity contribution in [2.75, 3.05) is 0 Å². The lowest BCUT2D eigenvalue weighted by Gasteiger charge is -2.08. The lowest BCUT2D eigenvalue weighted by Crippen LogP contribution is -2.06. The minimum atomic E-state index is 0.603. The van der Waals surface area contributed by atoms with Gasteiger partial charge in [-0.3, -0.25) is 4.57 Å². The molecule has 0 aliphatic carbocycles. The van der Waals surface area contributed by atoms with Crippen LogP contribution in [0.1, 0.15) is 0 Å². The molecule has 7 aromatic rings. The van der Waals surface area contributed by atoms with Crippen molar-refractivity contribution >= 4 is 66.3 Å². The van der Waals surface area contributed by atoms with Gasteiger partial charge < -0.3 is 4.42 Å². The highest BCUT2D eigenvalue weighted by molar-refractivity contribution is 14.1. The first-order valence-electron chi connectivity index (χ1n) is 10.6. The molecule has 0 unspecified atom stereocenters. The van der Waals surface area contributed by atoms with Gasteiger partial charge >= 0.3 is 0 Å². The van der Waals surface area contributed by atoms with Crippen molar-refractivity contribution in [1.82, 2.24) is 19.5 Å². The fraction of sp³-hybridized carbons (Fsp3) is 0. The van der Waals surface area contributed by atoms with Crippen molar-refractivity contribution < 1.29 is 4.42 Å². The lowest BCUT2D eigenvalue weighted by molar-refractivity contribution is 0.669. The molecule has 0 fully saturated rings. The topological polar surface area (TPSA) is 56.7 Å². The quantitative estimate of drug-likeness (QED) is 0.220. The molecule has 0 atom stereocenters. The van der Waals surface area contributed by atoms with E-state index in [1.54, 1.807) is 0 Å². The summed E-state index contributed by atoms with van der Waals surface area (Å²) in [5, 5.41) is 4.54. The minimum absolute atomic E-state index is 0.603. The van der Waals surface area contributed by atoms with Crippen LogP contribution in [0.25, 0.3) is 61.1 Å². The van der Waals surface area contributed by atoms with Crippen LogP contribution < -0.4 is 0 Å². The molecule has 0 radical (unpaired) electrons. The average Bonchev–Trinajstić information content (AvgIpc) is 3.39. The maximum absolute atomic E-state index is 6.08. The summed E-state index contributed by atoms with van der Waals surface area (Å²) in [6, 6.07) is 30.9. The summed E-state index contributed by atoms with van der Waals surface area (Å²) >= 11 is 2.16. The molecule has 3 aromatic heterocycles. The number of fused-ring (bicyclic) bond motifs is 6. The van der Waals surface area contributed by atoms with Crippen molar-refractivity contribution in [3.05, 3.63) is 94.8 Å². The molecule has 0 saturated carbocycles. The average molecular weight is 538 g/mol. The molecule has 5 nitrogen and oxygen atoms in total. The monoisotopic (exact) mass is 538 g/mol. The van der Waals surface area contributed by atoms with E-state index in [0.717, 1.165) is 38.5 Å². The molecule has 3 heterocycles. The molecule has 0 N–H and O–H groups in total. The van der Waals surface area contributed by atoms with E-state index in [2.05, 4.69) is 80.7 Å². The number of para-hydroxylation sites is 3. The van der Waals surface area contributed by atoms with Gasteiger partial charge in [-0.2, -0.15) is 9.97 Å². The summed E-state index contributed by atoms with van der Waals surface area (Å²) in [5.74, 6) is 1.22. The van der Waals surface area contributed by atoms with Gasteiger partial charge in [0, 0.05) is 49.7 Å². The van der Waals surface area contributed by atoms with Crippen LogP contribution in [0.5, 0.6) is 0 Å². The molecule has 6 heteroatoms. The first-order chi connectivity index (χ1) is 16.3. The van der Waals surface area contributed by atoms with Gasteiger partial charge in [-0.25, -0.2) is 4.98 Å². The summed E-state index contributed by atoms with van der Waals surface area (Å²) in [4.78, 5) is 14.2. The number of halogens is 1. The Kier molecular flexibility index (Phi) is 4.04. The molecule has 4 aromatic carbocycles. The Morgan fingerprint density at radius 2 is 1.24 bits per heavy atom. The van der Waals surface area contributed by atoms with Gasteiger partial charge in [-0.1, -0.05) is 60.7 Å². The van der Waals surface area contributed by atoms with Crippen molar-refractivity contribution in [3.8, 4) is 17.3 Å². The lowest BCUT2D eigenvalue weighted by atomic mass is 10.1. The molecular formula is C27H15IN4O. The summed E-state index contributed by atoms with van der Waals surface area (Å²) in [6.45, 7) is 0. The Hall–Kier alpha value is -3.78. The van der Waals surface area contributed by atoms with Gasteiger partial charge in [0.25, 0.3) is 0 Å². The molecule has 0 aliphatic heterocycles. The molecule has 0 spiro atoms. The summed E-state index contributed by atoms with van der Waals surface area (Å²) in [7, 11) is 0. The highest BCUT2D eigenvalue weighted by Gasteiger charge is 2.16. The number of rotatable bonds is 2. The van der Waals surface area contributed by atoms with Gasteiger partial charge in [0.2, 0.25) is 5.95 Å². The molecule has 0 bridgehead atoms. The van der Waals surface area contributed by atoms with E-state index >= 15 is 0 Å². The zero-order chi connectivity index (χ0) is 21.9. The molecule has 33 heavy (non-hydrogen) atoms. The molecule has 0 saturated heterocycles. The second-order valence-electron chi connectivity index (χ2n) is 7.91. The van der Waals surface area contributed by atoms with E-state index in [-0.39, 0.29) is 0 Å². The van der Waals surface area contributed by atoms with Crippen LogP contribution in [0.15, 0.2) is 95.4 Å². The predicted molar refractivity (Wildman–Crippen MR) is 140 cm³/mol. The zero-order valence-electron chi connectivity index (χ0n) is 17.2. The maximum Gasteiger partial charge on any atom is 0.239 e. The maximum atomic E-state index is 6.08. The SMILES string of the molecule is Ic1nc(-c2ccc3c(c2)oc2ccccc23)nc(-n2c3ccccc3c3ccccc32)n1. The fourth-order valence-corrected chi connectivity index (χ4v) is 5.02. The fourth-order valence-electron chi connectivity index (χ4n) is 4.57. The predicted octanol–water partition coefficient (Wildman–Crippen LogP) is 7.14. The third kappa shape index (κ3) is 2.87. The van der Waals surface area contributed by atoms with E-state index in [0.29, 0.717) is 15.6 Å². The van der Waals surface area contributed by atoms with Crippen LogP contribution in [0.3, 0.4) is 0 Å². The molecule has 0 amide bonds. The Bertz CT molecular complexity index is 1800. The van der Waals surface area contributed by atoms with Crippen LogP contribution in [0, 0.1) is 3.83 Å². The zero-order valence-corrected chi connectivity index (χ0v) is 19.4. The van der Waals surface area contributed by atoms with Gasteiger partial charge in [0.05, 0.1) is 11.0 Å². The second kappa shape index (κ2) is 7.11. The molecular weight excluding hydrogens is 523 g/mol. The third-order valence-electron chi connectivity index (χ3n) is 6.01. The minimum Gasteiger partial charge on any atom is -0.456 e. The number of hydrogen-bond acceptors (Lipinski definition) is 4. The third-order valence-corrected chi connectivity index (χ3v) is 6.50. The summed E-state index contributed by atoms with van der Waals surface area (Å²) in [5.41, 5.74) is 4.73. The molecule has 0 aliphatic rings. The van der Waals surface area contributed by atoms with Gasteiger partial charge in [-0.15, -0.1) is 0 Å². The van der Waals surface area contributed by atoms with Crippen molar-refractivity contribution in [2.24, 2.45) is 0 Å². The van der Waals surface area contributed by atoms with Crippen LogP contribution in [0.2, 0.25) is 0 Å². The number of aromatic nitrogens is 4. The smallest absolute Gasteiger partial charge is 0.239 e. The van der Waals surface area contributed by atoms with Gasteiger partial charge in [0.15, 0.2) is 9.66 Å². The Morgan fingerprint density at radius 1 is 0.606 bits per heavy atom. The first-order valence-corrected chi connectivity index (χ1v) is 11.7. The summed E-state index contributed by atoms with van der Waals surface area (Å²) in [6.07, 6.45) is 0. The van der Waals surface area contributed by atoms with Crippen molar-refractivity contribution in [1.29, 1.82) is 0 Å². The van der Waals surface area contributed by atoms with E-state index < -0.39 is 0 Å². The Morgan fingerprint density at radius 3 is 2.00 bits per heavy atom. The first kappa shape index (κ1) is 18.8. The Balaban J connectivity index is 1.47. The molecule has 156 valence electrons. The normalized spacial score (nSPS) is 11.8. The van der Waals surface area contributed by atoms with E-state index in [1.165, 1.54) is 10.8 Å². The standard InChI is InChI=1S/C27H15IN4O/c28-26-29-25(16-13-14-20-19-9-3-6-12-23(19)33-24(20)15-16)30-27(31-26)32-21-10-4-1-7-17(21)18-8-2-5-11-22(18)32/h1-15H. The number of benzene rings is 4. The van der Waals surface area contributed by atoms with Gasteiger partial charge in [0.1, 0.15) is 11.2 Å². The van der Waals surface area contributed by atoms with Crippen molar-refractivity contribution in [2.45, 2.75) is 0 Å². The van der Waals surface area contributed by atoms with Crippen LogP contribution in [0.4, 0.5) is 0 Å². The largest absolute Gasteiger partial charge is 0.456 e. The van der Waals surface area contributed by atoms with Crippen LogP contribution in [-0.4, -0.2) is 19.5 Å². The van der Waals surface area contributed by atoms with Crippen LogP contribution >= 0.6 is 22.6 Å². The van der Waals surface area contributed by atoms with Crippen molar-refractivity contribution in [3.63, 3.8) is 0 Å². The highest BCUT2D eigenvalue weighted by Crippen LogP contribution is 2.33. The number of hydrogen-bond donors (Lipinski definition) is 0. The van der Waals surface area contributed by atoms with Gasteiger partial charge in [-0.05, 0) is 30.3 Å². The number of furan rings is 1. The van der Waals surface area contributed by atoms with Crippen LogP contribution in [-0.2, 0) is 0 Å². The van der Waals surface area contributed by atoms with E-state index in [4.69, 9.17) is 14.4 Å². The van der Waals surface area contributed by atoms with E-state index in [1.807, 2.05) is 42.5 Å². The number of nitrogens with zero attached hydrogens (tertiary/aromatic N) is 4. The molecule has 7 rings (SSSR count). The van der Waals surface area contributed by atoms with E-state index in [9.17, 15) is 0 Å². The Labute approximate surface area is 201 Å². The highest BCUT2D eigenvalue weighted by atomic mass is 127.